The summed E-state index contributed by atoms with van der Waals surface area (Å²) in [7, 11) is 0. The molecule has 2 aliphatic rings. The molecule has 2 atom stereocenters. The lowest BCUT2D eigenvalue weighted by molar-refractivity contribution is -0.109. The summed E-state index contributed by atoms with van der Waals surface area (Å²) in [6.45, 7) is 1.43. The predicted molar refractivity (Wildman–Crippen MR) is 80.8 cm³/mol. The molecular formula is C17H24O5. The van der Waals surface area contributed by atoms with E-state index in [2.05, 4.69) is 0 Å². The molecule has 2 unspecified atom stereocenters. The number of ether oxygens (including phenoxy) is 4. The minimum Gasteiger partial charge on any atom is -0.465 e. The Balaban J connectivity index is 1.67. The average Bonchev–Trinajstić information content (AvgIpc) is 2.56. The van der Waals surface area contributed by atoms with Crippen LogP contribution in [0.4, 0.5) is 0 Å². The largest absolute Gasteiger partial charge is 0.465 e. The summed E-state index contributed by atoms with van der Waals surface area (Å²) in [5, 5.41) is 9.42. The molecule has 1 aromatic carbocycles. The van der Waals surface area contributed by atoms with E-state index in [1.807, 2.05) is 18.2 Å². The van der Waals surface area contributed by atoms with Crippen LogP contribution in [0.3, 0.4) is 0 Å². The van der Waals surface area contributed by atoms with E-state index in [0.717, 1.165) is 57.3 Å². The van der Waals surface area contributed by atoms with Crippen molar-refractivity contribution in [3.63, 3.8) is 0 Å². The maximum absolute atomic E-state index is 9.42. The first kappa shape index (κ1) is 15.6. The van der Waals surface area contributed by atoms with E-state index in [1.54, 1.807) is 0 Å². The number of aliphatic hydroxyl groups excluding tert-OH is 1. The van der Waals surface area contributed by atoms with Gasteiger partial charge in [0.05, 0.1) is 19.8 Å². The summed E-state index contributed by atoms with van der Waals surface area (Å²) in [6, 6.07) is 5.49. The van der Waals surface area contributed by atoms with Crippen LogP contribution < -0.4 is 9.47 Å². The fourth-order valence-electron chi connectivity index (χ4n) is 2.77. The molecule has 1 aromatic rings. The van der Waals surface area contributed by atoms with Gasteiger partial charge in [-0.25, -0.2) is 0 Å². The van der Waals surface area contributed by atoms with Crippen LogP contribution in [0.1, 0.15) is 44.1 Å². The molecular weight excluding hydrogens is 284 g/mol. The monoisotopic (exact) mass is 308 g/mol. The van der Waals surface area contributed by atoms with Gasteiger partial charge in [0.2, 0.25) is 0 Å². The lowest BCUT2D eigenvalue weighted by atomic mass is 10.2. The third kappa shape index (κ3) is 4.35. The highest BCUT2D eigenvalue weighted by atomic mass is 16.7. The van der Waals surface area contributed by atoms with Crippen molar-refractivity contribution < 1.29 is 24.1 Å². The van der Waals surface area contributed by atoms with Crippen molar-refractivity contribution in [3.05, 3.63) is 23.8 Å². The molecule has 5 heteroatoms. The van der Waals surface area contributed by atoms with Gasteiger partial charge in [0.15, 0.2) is 12.6 Å². The molecule has 0 spiro atoms. The molecule has 2 fully saturated rings. The van der Waals surface area contributed by atoms with Crippen molar-refractivity contribution >= 4 is 0 Å². The van der Waals surface area contributed by atoms with Crippen molar-refractivity contribution in [1.29, 1.82) is 0 Å². The van der Waals surface area contributed by atoms with Crippen LogP contribution in [0.5, 0.6) is 11.5 Å². The van der Waals surface area contributed by atoms with Crippen LogP contribution >= 0.6 is 0 Å². The SMILES string of the molecule is OCc1cc(OC2CCCCO2)cc(OC2CCCCO2)c1. The Morgan fingerprint density at radius 1 is 0.864 bits per heavy atom. The molecule has 1 N–H and O–H groups in total. The molecule has 0 radical (unpaired) electrons. The first-order valence-corrected chi connectivity index (χ1v) is 8.15. The van der Waals surface area contributed by atoms with Gasteiger partial charge in [0.25, 0.3) is 0 Å². The fraction of sp³-hybridized carbons (Fsp3) is 0.647. The third-order valence-corrected chi connectivity index (χ3v) is 3.93. The summed E-state index contributed by atoms with van der Waals surface area (Å²) < 4.78 is 22.9. The fourth-order valence-corrected chi connectivity index (χ4v) is 2.77. The third-order valence-electron chi connectivity index (χ3n) is 3.93. The Kier molecular flexibility index (Phi) is 5.53. The molecule has 3 rings (SSSR count). The molecule has 0 saturated carbocycles. The predicted octanol–water partition coefficient (Wildman–Crippen LogP) is 2.99. The zero-order chi connectivity index (χ0) is 15.2. The quantitative estimate of drug-likeness (QED) is 0.906. The summed E-state index contributed by atoms with van der Waals surface area (Å²) >= 11 is 0. The van der Waals surface area contributed by atoms with Crippen LogP contribution in [0.25, 0.3) is 0 Å². The van der Waals surface area contributed by atoms with Crippen LogP contribution in [-0.2, 0) is 16.1 Å². The summed E-state index contributed by atoms with van der Waals surface area (Å²) in [6.07, 6.45) is 5.78. The van der Waals surface area contributed by atoms with Crippen LogP contribution in [0.15, 0.2) is 18.2 Å². The van der Waals surface area contributed by atoms with Crippen LogP contribution in [-0.4, -0.2) is 30.9 Å². The maximum atomic E-state index is 9.42. The van der Waals surface area contributed by atoms with E-state index in [1.165, 1.54) is 0 Å². The van der Waals surface area contributed by atoms with E-state index >= 15 is 0 Å². The number of hydrogen-bond acceptors (Lipinski definition) is 5. The van der Waals surface area contributed by atoms with Crippen molar-refractivity contribution in [2.24, 2.45) is 0 Å². The molecule has 0 aromatic heterocycles. The van der Waals surface area contributed by atoms with Gasteiger partial charge in [-0.15, -0.1) is 0 Å². The molecule has 22 heavy (non-hydrogen) atoms. The summed E-state index contributed by atoms with van der Waals surface area (Å²) in [5.74, 6) is 1.34. The molecule has 0 amide bonds. The first-order chi connectivity index (χ1) is 10.8. The smallest absolute Gasteiger partial charge is 0.199 e. The van der Waals surface area contributed by atoms with Crippen molar-refractivity contribution in [1.82, 2.24) is 0 Å². The molecule has 2 saturated heterocycles. The van der Waals surface area contributed by atoms with Gasteiger partial charge in [-0.2, -0.15) is 0 Å². The Morgan fingerprint density at radius 3 is 1.82 bits per heavy atom. The van der Waals surface area contributed by atoms with E-state index in [4.69, 9.17) is 18.9 Å². The molecule has 122 valence electrons. The minimum atomic E-state index is -0.207. The van der Waals surface area contributed by atoms with Crippen molar-refractivity contribution in [2.75, 3.05) is 13.2 Å². The molecule has 2 aliphatic heterocycles. The highest BCUT2D eigenvalue weighted by Gasteiger charge is 2.18. The Morgan fingerprint density at radius 2 is 1.41 bits per heavy atom. The average molecular weight is 308 g/mol. The van der Waals surface area contributed by atoms with Gasteiger partial charge in [-0.05, 0) is 43.4 Å². The van der Waals surface area contributed by atoms with Gasteiger partial charge in [0, 0.05) is 18.9 Å². The van der Waals surface area contributed by atoms with E-state index in [9.17, 15) is 5.11 Å². The lowest BCUT2D eigenvalue weighted by Gasteiger charge is -2.25. The summed E-state index contributed by atoms with van der Waals surface area (Å²) in [4.78, 5) is 0. The van der Waals surface area contributed by atoms with Crippen LogP contribution in [0, 0.1) is 0 Å². The number of aliphatic hydroxyl groups is 1. The standard InChI is InChI=1S/C17H24O5/c18-12-13-9-14(21-16-5-1-3-7-19-16)11-15(10-13)22-17-6-2-4-8-20-17/h9-11,16-18H,1-8,12H2. The molecule has 2 heterocycles. The normalized spacial score (nSPS) is 25.7. The van der Waals surface area contributed by atoms with E-state index in [0.29, 0.717) is 11.5 Å². The number of benzene rings is 1. The zero-order valence-electron chi connectivity index (χ0n) is 12.8. The van der Waals surface area contributed by atoms with E-state index in [-0.39, 0.29) is 19.2 Å². The Bertz CT molecular complexity index is 426. The van der Waals surface area contributed by atoms with Gasteiger partial charge in [-0.3, -0.25) is 0 Å². The number of hydrogen-bond donors (Lipinski definition) is 1. The molecule has 5 nitrogen and oxygen atoms in total. The lowest BCUT2D eigenvalue weighted by Crippen LogP contribution is -2.26. The first-order valence-electron chi connectivity index (χ1n) is 8.15. The minimum absolute atomic E-state index is 0.0510. The second-order valence-electron chi connectivity index (χ2n) is 5.80. The van der Waals surface area contributed by atoms with Crippen molar-refractivity contribution in [3.8, 4) is 11.5 Å². The number of rotatable bonds is 5. The molecule has 0 bridgehead atoms. The van der Waals surface area contributed by atoms with E-state index < -0.39 is 0 Å². The topological polar surface area (TPSA) is 57.2 Å². The summed E-state index contributed by atoms with van der Waals surface area (Å²) in [5.41, 5.74) is 0.763. The van der Waals surface area contributed by atoms with Gasteiger partial charge in [0.1, 0.15) is 11.5 Å². The Hall–Kier alpha value is -1.30. The van der Waals surface area contributed by atoms with Crippen LogP contribution in [0.2, 0.25) is 0 Å². The second-order valence-corrected chi connectivity index (χ2v) is 5.80. The van der Waals surface area contributed by atoms with Gasteiger partial charge >= 0.3 is 0 Å². The van der Waals surface area contributed by atoms with Crippen molar-refractivity contribution in [2.45, 2.75) is 57.7 Å². The van der Waals surface area contributed by atoms with Gasteiger partial charge < -0.3 is 24.1 Å². The molecule has 0 aliphatic carbocycles. The highest BCUT2D eigenvalue weighted by Crippen LogP contribution is 2.28. The highest BCUT2D eigenvalue weighted by molar-refractivity contribution is 5.38. The maximum Gasteiger partial charge on any atom is 0.199 e. The zero-order valence-corrected chi connectivity index (χ0v) is 12.8. The second kappa shape index (κ2) is 7.81. The Labute approximate surface area is 131 Å². The van der Waals surface area contributed by atoms with Gasteiger partial charge in [-0.1, -0.05) is 0 Å².